The van der Waals surface area contributed by atoms with Crippen LogP contribution in [0.5, 0.6) is 0 Å². The molecule has 4 nitrogen and oxygen atoms in total. The van der Waals surface area contributed by atoms with Crippen molar-refractivity contribution in [2.24, 2.45) is 0 Å². The number of Topliss-reactive ketones (excluding diaryl/α,β-unsaturated/α-hetero) is 1. The molecule has 0 fully saturated rings. The summed E-state index contributed by atoms with van der Waals surface area (Å²) in [6.45, 7) is 0.948. The van der Waals surface area contributed by atoms with E-state index in [1.807, 2.05) is 0 Å². The van der Waals surface area contributed by atoms with Crippen LogP contribution in [0.4, 0.5) is 0 Å². The van der Waals surface area contributed by atoms with Crippen LogP contribution in [0.25, 0.3) is 0 Å². The average molecular weight is 215 g/mol. The first-order valence-electron chi connectivity index (χ1n) is 5.46. The Balaban J connectivity index is 3.30. The van der Waals surface area contributed by atoms with E-state index in [9.17, 15) is 14.7 Å². The molecule has 0 saturated carbocycles. The molecule has 0 aliphatic carbocycles. The second-order valence-electron chi connectivity index (χ2n) is 3.51. The average Bonchev–Trinajstić information content (AvgIpc) is 2.25. The lowest BCUT2D eigenvalue weighted by Crippen LogP contribution is -2.15. The molecule has 0 atom stereocenters. The molecule has 0 rings (SSSR count). The van der Waals surface area contributed by atoms with Gasteiger partial charge in [-0.2, -0.15) is 0 Å². The zero-order valence-corrected chi connectivity index (χ0v) is 9.29. The van der Waals surface area contributed by atoms with Crippen LogP contribution in [0.1, 0.15) is 45.4 Å². The second-order valence-corrected chi connectivity index (χ2v) is 3.51. The van der Waals surface area contributed by atoms with Crippen molar-refractivity contribution in [3.05, 3.63) is 0 Å². The molecule has 0 aliphatic heterocycles. The first-order valence-corrected chi connectivity index (χ1v) is 5.46. The number of carbonyl (C=O) groups is 2. The van der Waals surface area contributed by atoms with Crippen LogP contribution in [0.15, 0.2) is 0 Å². The van der Waals surface area contributed by atoms with Gasteiger partial charge in [0.2, 0.25) is 0 Å². The Labute approximate surface area is 90.6 Å². The van der Waals surface area contributed by atoms with Crippen molar-refractivity contribution < 1.29 is 19.4 Å². The van der Waals surface area contributed by atoms with E-state index in [4.69, 9.17) is 0 Å². The highest BCUT2D eigenvalue weighted by Gasteiger charge is 2.06. The third-order valence-corrected chi connectivity index (χ3v) is 2.04. The maximum Gasteiger partial charge on any atom is 0.306 e. The molecule has 87 valence electrons. The Morgan fingerprint density at radius 3 is 2.33 bits per heavy atom. The Hall–Kier alpha value is -0.900. The van der Waals surface area contributed by atoms with Gasteiger partial charge in [0.1, 0.15) is 6.61 Å². The van der Waals surface area contributed by atoms with Gasteiger partial charge in [0.15, 0.2) is 12.4 Å². The number of ether oxygens (including phenoxy) is 1. The second kappa shape index (κ2) is 9.65. The van der Waals surface area contributed by atoms with Crippen LogP contribution in [0.3, 0.4) is 0 Å². The predicted molar refractivity (Wildman–Crippen MR) is 54.9 cm³/mol. The zero-order chi connectivity index (χ0) is 11.5. The smallest absolute Gasteiger partial charge is 0.306 e. The summed E-state index contributed by atoms with van der Waals surface area (Å²) >= 11 is 0. The maximum atomic E-state index is 11.0. The lowest BCUT2D eigenvalue weighted by Gasteiger charge is -2.02. The molecule has 15 heavy (non-hydrogen) atoms. The van der Waals surface area contributed by atoms with Gasteiger partial charge >= 0.3 is 5.97 Å². The number of esters is 1. The monoisotopic (exact) mass is 215 g/mol. The largest absolute Gasteiger partial charge is 0.458 e. The number of carbonyl (C=O) groups excluding carboxylic acids is 2. The summed E-state index contributed by atoms with van der Waals surface area (Å²) in [7, 11) is 0. The minimum absolute atomic E-state index is 0.343. The summed E-state index contributed by atoms with van der Waals surface area (Å²) < 4.78 is 4.61. The van der Waals surface area contributed by atoms with Crippen molar-refractivity contribution in [2.75, 3.05) is 13.2 Å². The van der Waals surface area contributed by atoms with Gasteiger partial charge in [0, 0.05) is 6.42 Å². The molecule has 0 saturated heterocycles. The van der Waals surface area contributed by atoms with E-state index in [0.717, 1.165) is 19.3 Å². The highest BCUT2D eigenvalue weighted by Crippen LogP contribution is 2.05. The van der Waals surface area contributed by atoms with Gasteiger partial charge in [-0.05, 0) is 6.42 Å². The van der Waals surface area contributed by atoms with E-state index < -0.39 is 12.4 Å². The van der Waals surface area contributed by atoms with Crippen molar-refractivity contribution in [3.8, 4) is 0 Å². The first-order chi connectivity index (χ1) is 7.20. The minimum Gasteiger partial charge on any atom is -0.458 e. The minimum atomic E-state index is -0.816. The normalized spacial score (nSPS) is 10.0. The predicted octanol–water partition coefficient (Wildman–Crippen LogP) is 1.89. The molecule has 0 aromatic carbocycles. The number of hydrogen-bond donors (Lipinski definition) is 0. The number of rotatable bonds is 9. The Morgan fingerprint density at radius 1 is 1.07 bits per heavy atom. The van der Waals surface area contributed by atoms with E-state index in [1.54, 1.807) is 0 Å². The summed E-state index contributed by atoms with van der Waals surface area (Å²) in [6, 6.07) is 0. The van der Waals surface area contributed by atoms with E-state index in [1.165, 1.54) is 12.8 Å². The standard InChI is InChI=1S/C11H19O4/c1-2-3-4-5-6-7-11(14)15-9-10(13)8-12/h2-9H2,1H3. The van der Waals surface area contributed by atoms with Gasteiger partial charge in [-0.15, -0.1) is 0 Å². The van der Waals surface area contributed by atoms with Crippen molar-refractivity contribution in [1.82, 2.24) is 0 Å². The fraction of sp³-hybridized carbons (Fsp3) is 0.818. The number of unbranched alkanes of at least 4 members (excludes halogenated alkanes) is 4. The van der Waals surface area contributed by atoms with Crippen LogP contribution in [-0.2, 0) is 19.4 Å². The SMILES string of the molecule is CCCCCCCC(=O)OCC(=O)C[O]. The molecule has 0 aromatic heterocycles. The Morgan fingerprint density at radius 2 is 1.73 bits per heavy atom. The Kier molecular flexibility index (Phi) is 9.07. The van der Waals surface area contributed by atoms with E-state index in [0.29, 0.717) is 6.42 Å². The van der Waals surface area contributed by atoms with Crippen LogP contribution in [0, 0.1) is 0 Å². The van der Waals surface area contributed by atoms with Crippen molar-refractivity contribution in [2.45, 2.75) is 45.4 Å². The molecular weight excluding hydrogens is 196 g/mol. The number of ketones is 1. The summed E-state index contributed by atoms with van der Waals surface area (Å²) in [4.78, 5) is 21.6. The molecule has 0 spiro atoms. The first kappa shape index (κ1) is 14.1. The van der Waals surface area contributed by atoms with E-state index in [2.05, 4.69) is 11.7 Å². The topological polar surface area (TPSA) is 63.3 Å². The quantitative estimate of drug-likeness (QED) is 0.436. The molecule has 0 unspecified atom stereocenters. The molecular formula is C11H19O4. The fourth-order valence-corrected chi connectivity index (χ4v) is 1.15. The van der Waals surface area contributed by atoms with Gasteiger partial charge in [0.25, 0.3) is 0 Å². The van der Waals surface area contributed by atoms with Crippen LogP contribution >= 0.6 is 0 Å². The highest BCUT2D eigenvalue weighted by molar-refractivity contribution is 5.83. The zero-order valence-electron chi connectivity index (χ0n) is 9.29. The lowest BCUT2D eigenvalue weighted by atomic mass is 10.1. The molecule has 0 aliphatic rings. The summed E-state index contributed by atoms with van der Waals surface area (Å²) in [5, 5.41) is 10.0. The lowest BCUT2D eigenvalue weighted by molar-refractivity contribution is -0.149. The van der Waals surface area contributed by atoms with Gasteiger partial charge in [-0.3, -0.25) is 9.59 Å². The summed E-state index contributed by atoms with van der Waals surface area (Å²) in [5.74, 6) is -0.956. The van der Waals surface area contributed by atoms with Gasteiger partial charge in [0.05, 0.1) is 0 Å². The summed E-state index contributed by atoms with van der Waals surface area (Å²) in [6.07, 6.45) is 5.63. The third-order valence-electron chi connectivity index (χ3n) is 2.04. The van der Waals surface area contributed by atoms with Crippen LogP contribution in [-0.4, -0.2) is 25.0 Å². The highest BCUT2D eigenvalue weighted by atomic mass is 16.5. The third kappa shape index (κ3) is 9.41. The molecule has 1 radical (unpaired) electrons. The molecule has 0 bridgehead atoms. The fourth-order valence-electron chi connectivity index (χ4n) is 1.15. The van der Waals surface area contributed by atoms with Gasteiger partial charge < -0.3 is 4.74 Å². The molecule has 4 heteroatoms. The molecule has 0 heterocycles. The van der Waals surface area contributed by atoms with E-state index >= 15 is 0 Å². The van der Waals surface area contributed by atoms with E-state index in [-0.39, 0.29) is 12.6 Å². The van der Waals surface area contributed by atoms with Crippen molar-refractivity contribution >= 4 is 11.8 Å². The van der Waals surface area contributed by atoms with Gasteiger partial charge in [-0.25, -0.2) is 5.11 Å². The number of hydrogen-bond acceptors (Lipinski definition) is 3. The van der Waals surface area contributed by atoms with Crippen LogP contribution in [0.2, 0.25) is 0 Å². The summed E-state index contributed by atoms with van der Waals surface area (Å²) in [5.41, 5.74) is 0. The van der Waals surface area contributed by atoms with Crippen molar-refractivity contribution in [3.63, 3.8) is 0 Å². The molecule has 0 N–H and O–H groups in total. The molecule has 0 aromatic rings. The van der Waals surface area contributed by atoms with Crippen molar-refractivity contribution in [1.29, 1.82) is 0 Å². The Bertz CT molecular complexity index is 189. The molecule has 0 amide bonds. The van der Waals surface area contributed by atoms with Gasteiger partial charge in [-0.1, -0.05) is 32.6 Å². The van der Waals surface area contributed by atoms with Crippen LogP contribution < -0.4 is 0 Å². The maximum absolute atomic E-state index is 11.0.